The summed E-state index contributed by atoms with van der Waals surface area (Å²) in [5.74, 6) is 0.813. The van der Waals surface area contributed by atoms with Crippen LogP contribution in [0.2, 0.25) is 0 Å². The van der Waals surface area contributed by atoms with Gasteiger partial charge in [-0.25, -0.2) is 4.79 Å². The van der Waals surface area contributed by atoms with Gasteiger partial charge in [-0.15, -0.1) is 0 Å². The van der Waals surface area contributed by atoms with Crippen molar-refractivity contribution < 1.29 is 0 Å². The third-order valence-electron chi connectivity index (χ3n) is 4.66. The largest absolute Gasteiger partial charge is 0.323 e. The standard InChI is InChI=1S/C16H23N3O/c1-10(12-5-3-4-6-12)17-11(2)13-7-8-14-15(9-13)19-16(20)18-14/h7-12,17H,3-6H2,1-2H3,(H2,18,19,20). The molecule has 2 atom stereocenters. The van der Waals surface area contributed by atoms with Gasteiger partial charge in [0.05, 0.1) is 11.0 Å². The maximum absolute atomic E-state index is 11.3. The van der Waals surface area contributed by atoms with Crippen molar-refractivity contribution in [2.45, 2.75) is 51.6 Å². The monoisotopic (exact) mass is 273 g/mol. The van der Waals surface area contributed by atoms with Crippen LogP contribution in [0.5, 0.6) is 0 Å². The van der Waals surface area contributed by atoms with E-state index >= 15 is 0 Å². The molecule has 1 aromatic carbocycles. The summed E-state index contributed by atoms with van der Waals surface area (Å²) in [5.41, 5.74) is 2.83. The second-order valence-electron chi connectivity index (χ2n) is 6.11. The van der Waals surface area contributed by atoms with Crippen molar-refractivity contribution in [3.63, 3.8) is 0 Å². The molecule has 0 spiro atoms. The molecule has 108 valence electrons. The average Bonchev–Trinajstić information content (AvgIpc) is 3.05. The molecule has 2 unspecified atom stereocenters. The SMILES string of the molecule is CC(NC(C)C1CCCC1)c1ccc2[nH]c(=O)[nH]c2c1. The Morgan fingerprint density at radius 2 is 1.85 bits per heavy atom. The highest BCUT2D eigenvalue weighted by atomic mass is 16.1. The van der Waals surface area contributed by atoms with E-state index in [1.54, 1.807) is 0 Å². The molecular weight excluding hydrogens is 250 g/mol. The molecule has 1 aliphatic rings. The first-order chi connectivity index (χ1) is 9.63. The van der Waals surface area contributed by atoms with Gasteiger partial charge in [-0.3, -0.25) is 0 Å². The summed E-state index contributed by atoms with van der Waals surface area (Å²) in [6.07, 6.45) is 5.46. The lowest BCUT2D eigenvalue weighted by atomic mass is 9.97. The van der Waals surface area contributed by atoms with Gasteiger partial charge in [0.25, 0.3) is 0 Å². The van der Waals surface area contributed by atoms with Gasteiger partial charge in [0.1, 0.15) is 0 Å². The molecule has 1 aromatic heterocycles. The van der Waals surface area contributed by atoms with Gasteiger partial charge in [-0.2, -0.15) is 0 Å². The van der Waals surface area contributed by atoms with E-state index in [1.807, 2.05) is 6.07 Å². The highest BCUT2D eigenvalue weighted by molar-refractivity contribution is 5.75. The zero-order valence-corrected chi connectivity index (χ0v) is 12.2. The van der Waals surface area contributed by atoms with Gasteiger partial charge < -0.3 is 15.3 Å². The van der Waals surface area contributed by atoms with Crippen LogP contribution in [-0.4, -0.2) is 16.0 Å². The topological polar surface area (TPSA) is 60.7 Å². The minimum absolute atomic E-state index is 0.142. The van der Waals surface area contributed by atoms with E-state index in [0.29, 0.717) is 12.1 Å². The lowest BCUT2D eigenvalue weighted by Crippen LogP contribution is -2.34. The van der Waals surface area contributed by atoms with Gasteiger partial charge in [0.15, 0.2) is 0 Å². The van der Waals surface area contributed by atoms with Crippen LogP contribution in [0.4, 0.5) is 0 Å². The number of rotatable bonds is 4. The Balaban J connectivity index is 1.74. The first kappa shape index (κ1) is 13.4. The van der Waals surface area contributed by atoms with Crippen LogP contribution < -0.4 is 11.0 Å². The molecule has 1 aliphatic carbocycles. The maximum Gasteiger partial charge on any atom is 0.323 e. The zero-order chi connectivity index (χ0) is 14.1. The van der Waals surface area contributed by atoms with Crippen molar-refractivity contribution in [3.05, 3.63) is 34.2 Å². The predicted molar refractivity (Wildman–Crippen MR) is 81.9 cm³/mol. The molecule has 0 aliphatic heterocycles. The normalized spacial score (nSPS) is 19.5. The van der Waals surface area contributed by atoms with Gasteiger partial charge in [-0.05, 0) is 50.3 Å². The molecule has 1 heterocycles. The van der Waals surface area contributed by atoms with E-state index in [2.05, 4.69) is 41.3 Å². The summed E-state index contributed by atoms with van der Waals surface area (Å²) >= 11 is 0. The quantitative estimate of drug-likeness (QED) is 0.801. The Labute approximate surface area is 119 Å². The van der Waals surface area contributed by atoms with Gasteiger partial charge >= 0.3 is 5.69 Å². The Morgan fingerprint density at radius 3 is 2.60 bits per heavy atom. The molecule has 4 nitrogen and oxygen atoms in total. The summed E-state index contributed by atoms with van der Waals surface area (Å²) in [4.78, 5) is 16.9. The van der Waals surface area contributed by atoms with Crippen molar-refractivity contribution in [2.75, 3.05) is 0 Å². The number of H-pyrrole nitrogens is 2. The lowest BCUT2D eigenvalue weighted by Gasteiger charge is -2.25. The van der Waals surface area contributed by atoms with Crippen LogP contribution in [-0.2, 0) is 0 Å². The van der Waals surface area contributed by atoms with E-state index in [9.17, 15) is 4.79 Å². The number of benzene rings is 1. The minimum Gasteiger partial charge on any atom is -0.307 e. The van der Waals surface area contributed by atoms with E-state index in [-0.39, 0.29) is 5.69 Å². The number of aromatic nitrogens is 2. The summed E-state index contributed by atoms with van der Waals surface area (Å²) in [6.45, 7) is 4.49. The van der Waals surface area contributed by atoms with E-state index < -0.39 is 0 Å². The number of imidazole rings is 1. The Morgan fingerprint density at radius 1 is 1.15 bits per heavy atom. The van der Waals surface area contributed by atoms with Gasteiger partial charge in [-0.1, -0.05) is 18.9 Å². The molecule has 0 radical (unpaired) electrons. The Kier molecular flexibility index (Phi) is 3.66. The van der Waals surface area contributed by atoms with Crippen molar-refractivity contribution in [1.82, 2.24) is 15.3 Å². The fourth-order valence-corrected chi connectivity index (χ4v) is 3.40. The number of fused-ring (bicyclic) bond motifs is 1. The molecule has 0 saturated heterocycles. The highest BCUT2D eigenvalue weighted by Crippen LogP contribution is 2.29. The number of aromatic amines is 2. The van der Waals surface area contributed by atoms with Crippen LogP contribution >= 0.6 is 0 Å². The van der Waals surface area contributed by atoms with Crippen molar-refractivity contribution >= 4 is 11.0 Å². The number of hydrogen-bond acceptors (Lipinski definition) is 2. The number of nitrogens with one attached hydrogen (secondary N) is 3. The molecule has 1 saturated carbocycles. The molecule has 1 fully saturated rings. The molecular formula is C16H23N3O. The van der Waals surface area contributed by atoms with Crippen LogP contribution in [0.1, 0.15) is 51.1 Å². The summed E-state index contributed by atoms with van der Waals surface area (Å²) in [7, 11) is 0. The second-order valence-corrected chi connectivity index (χ2v) is 6.11. The van der Waals surface area contributed by atoms with Crippen molar-refractivity contribution in [1.29, 1.82) is 0 Å². The van der Waals surface area contributed by atoms with Gasteiger partial charge in [0, 0.05) is 12.1 Å². The maximum atomic E-state index is 11.3. The third kappa shape index (κ3) is 2.66. The van der Waals surface area contributed by atoms with Crippen molar-refractivity contribution in [3.8, 4) is 0 Å². The van der Waals surface area contributed by atoms with Crippen LogP contribution in [0.3, 0.4) is 0 Å². The fraction of sp³-hybridized carbons (Fsp3) is 0.562. The molecule has 20 heavy (non-hydrogen) atoms. The smallest absolute Gasteiger partial charge is 0.307 e. The number of hydrogen-bond donors (Lipinski definition) is 3. The molecule has 4 heteroatoms. The van der Waals surface area contributed by atoms with Crippen LogP contribution in [0.15, 0.2) is 23.0 Å². The zero-order valence-electron chi connectivity index (χ0n) is 12.2. The first-order valence-corrected chi connectivity index (χ1v) is 7.61. The van der Waals surface area contributed by atoms with Crippen molar-refractivity contribution in [2.24, 2.45) is 5.92 Å². The average molecular weight is 273 g/mol. The molecule has 0 amide bonds. The molecule has 0 bridgehead atoms. The summed E-state index contributed by atoms with van der Waals surface area (Å²) in [5, 5.41) is 3.71. The third-order valence-corrected chi connectivity index (χ3v) is 4.66. The molecule has 3 rings (SSSR count). The predicted octanol–water partition coefficient (Wildman–Crippen LogP) is 3.09. The van der Waals surface area contributed by atoms with E-state index in [4.69, 9.17) is 0 Å². The molecule has 2 aromatic rings. The van der Waals surface area contributed by atoms with E-state index in [0.717, 1.165) is 17.0 Å². The van der Waals surface area contributed by atoms with Gasteiger partial charge in [0.2, 0.25) is 0 Å². The Hall–Kier alpha value is -1.55. The fourth-order valence-electron chi connectivity index (χ4n) is 3.40. The first-order valence-electron chi connectivity index (χ1n) is 7.61. The summed E-state index contributed by atoms with van der Waals surface area (Å²) < 4.78 is 0. The van der Waals surface area contributed by atoms with Crippen LogP contribution in [0, 0.1) is 5.92 Å². The highest BCUT2D eigenvalue weighted by Gasteiger charge is 2.22. The van der Waals surface area contributed by atoms with E-state index in [1.165, 1.54) is 31.2 Å². The van der Waals surface area contributed by atoms with Crippen LogP contribution in [0.25, 0.3) is 11.0 Å². The lowest BCUT2D eigenvalue weighted by molar-refractivity contribution is 0.353. The second kappa shape index (κ2) is 5.44. The minimum atomic E-state index is -0.142. The Bertz CT molecular complexity index is 636. The molecule has 3 N–H and O–H groups in total. The summed E-state index contributed by atoms with van der Waals surface area (Å²) in [6, 6.07) is 6.97.